The van der Waals surface area contributed by atoms with Gasteiger partial charge in [-0.2, -0.15) is 0 Å². The molecule has 0 bridgehead atoms. The molecule has 1 fully saturated rings. The summed E-state index contributed by atoms with van der Waals surface area (Å²) in [5.41, 5.74) is 2.24. The number of hydrogen-bond donors (Lipinski definition) is 1. The molecule has 7 heteroatoms. The molecule has 3 rings (SSSR count). The second-order valence-corrected chi connectivity index (χ2v) is 11.5. The van der Waals surface area contributed by atoms with Gasteiger partial charge in [-0.3, -0.25) is 4.79 Å². The van der Waals surface area contributed by atoms with E-state index in [0.29, 0.717) is 30.1 Å². The fourth-order valence-corrected chi connectivity index (χ4v) is 6.41. The molecular formula is C30H41NO5S. The zero-order valence-electron chi connectivity index (χ0n) is 22.8. The van der Waals surface area contributed by atoms with Gasteiger partial charge in [-0.15, -0.1) is 11.8 Å². The third-order valence-corrected chi connectivity index (χ3v) is 9.09. The molecule has 0 amide bonds. The standard InChI is InChI=1S/C30H41NO5S/c1-21(2)25-13-11-22(3)30(18-25,37-20-26(32)29(33)35-5)31-16-15-23-12-14-27(34-4)28(17-23)36-19-24-9-7-6-8-10-24/h6-10,12,14,17,21-22,25,31H,11,13,15-16,18-20H2,1-5H3/t22-,25-,30+/m0/s1. The Kier molecular flexibility index (Phi) is 10.9. The van der Waals surface area contributed by atoms with Gasteiger partial charge in [0.1, 0.15) is 6.61 Å². The number of ketones is 1. The number of Topliss-reactive ketones (excluding diaryl/α,β-unsaturated/α-hetero) is 1. The van der Waals surface area contributed by atoms with Gasteiger partial charge >= 0.3 is 5.97 Å². The Morgan fingerprint density at radius 2 is 1.81 bits per heavy atom. The van der Waals surface area contributed by atoms with Crippen molar-refractivity contribution in [1.29, 1.82) is 0 Å². The maximum absolute atomic E-state index is 12.3. The molecule has 1 aliphatic carbocycles. The molecule has 0 aliphatic heterocycles. The van der Waals surface area contributed by atoms with E-state index in [9.17, 15) is 9.59 Å². The van der Waals surface area contributed by atoms with Gasteiger partial charge in [0.2, 0.25) is 5.78 Å². The highest BCUT2D eigenvalue weighted by Crippen LogP contribution is 2.46. The first-order valence-electron chi connectivity index (χ1n) is 13.1. The van der Waals surface area contributed by atoms with Crippen molar-refractivity contribution >= 4 is 23.5 Å². The first kappa shape index (κ1) is 29.1. The molecule has 0 saturated heterocycles. The first-order valence-corrected chi connectivity index (χ1v) is 14.1. The van der Waals surface area contributed by atoms with Gasteiger partial charge < -0.3 is 19.5 Å². The van der Waals surface area contributed by atoms with Crippen LogP contribution in [0.1, 0.15) is 51.2 Å². The summed E-state index contributed by atoms with van der Waals surface area (Å²) in [6.07, 6.45) is 4.06. The van der Waals surface area contributed by atoms with Crippen LogP contribution in [-0.4, -0.2) is 43.1 Å². The molecule has 1 N–H and O–H groups in total. The Morgan fingerprint density at radius 3 is 2.49 bits per heavy atom. The number of benzene rings is 2. The molecular weight excluding hydrogens is 486 g/mol. The Hall–Kier alpha value is -2.51. The van der Waals surface area contributed by atoms with Crippen molar-refractivity contribution in [3.05, 3.63) is 59.7 Å². The molecule has 202 valence electrons. The van der Waals surface area contributed by atoms with Crippen molar-refractivity contribution in [1.82, 2.24) is 5.32 Å². The molecule has 2 aromatic carbocycles. The molecule has 0 radical (unpaired) electrons. The highest BCUT2D eigenvalue weighted by Gasteiger charge is 2.43. The van der Waals surface area contributed by atoms with E-state index in [1.54, 1.807) is 18.9 Å². The molecule has 1 saturated carbocycles. The van der Waals surface area contributed by atoms with E-state index in [-0.39, 0.29) is 10.6 Å². The average Bonchev–Trinajstić information content (AvgIpc) is 2.92. The smallest absolute Gasteiger partial charge is 0.375 e. The van der Waals surface area contributed by atoms with Crippen LogP contribution in [0.2, 0.25) is 0 Å². The van der Waals surface area contributed by atoms with Gasteiger partial charge in [0.15, 0.2) is 11.5 Å². The van der Waals surface area contributed by atoms with Crippen LogP contribution in [-0.2, 0) is 27.4 Å². The van der Waals surface area contributed by atoms with Gasteiger partial charge in [-0.05, 0) is 66.7 Å². The van der Waals surface area contributed by atoms with E-state index in [0.717, 1.165) is 42.7 Å². The first-order chi connectivity index (χ1) is 17.8. The third kappa shape index (κ3) is 7.99. The predicted molar refractivity (Wildman–Crippen MR) is 149 cm³/mol. The van der Waals surface area contributed by atoms with E-state index >= 15 is 0 Å². The maximum atomic E-state index is 12.3. The van der Waals surface area contributed by atoms with Crippen molar-refractivity contribution in [2.45, 2.75) is 57.9 Å². The monoisotopic (exact) mass is 527 g/mol. The fraction of sp³-hybridized carbons (Fsp3) is 0.533. The Labute approximate surface area is 225 Å². The second-order valence-electron chi connectivity index (χ2n) is 10.2. The van der Waals surface area contributed by atoms with Gasteiger partial charge in [0.05, 0.1) is 24.8 Å². The lowest BCUT2D eigenvalue weighted by Crippen LogP contribution is -2.53. The molecule has 0 spiro atoms. The lowest BCUT2D eigenvalue weighted by molar-refractivity contribution is -0.150. The Balaban J connectivity index is 1.69. The summed E-state index contributed by atoms with van der Waals surface area (Å²) in [7, 11) is 2.90. The Bertz CT molecular complexity index is 1030. The number of ether oxygens (including phenoxy) is 3. The van der Waals surface area contributed by atoms with Crippen LogP contribution in [0.3, 0.4) is 0 Å². The van der Waals surface area contributed by atoms with E-state index in [1.807, 2.05) is 42.5 Å². The summed E-state index contributed by atoms with van der Waals surface area (Å²) in [5, 5.41) is 3.82. The van der Waals surface area contributed by atoms with E-state index < -0.39 is 11.8 Å². The van der Waals surface area contributed by atoms with E-state index in [2.05, 4.69) is 36.9 Å². The number of hydrogen-bond acceptors (Lipinski definition) is 7. The van der Waals surface area contributed by atoms with Crippen LogP contribution in [0.25, 0.3) is 0 Å². The van der Waals surface area contributed by atoms with Gasteiger partial charge in [-0.1, -0.05) is 57.2 Å². The molecule has 0 heterocycles. The fourth-order valence-electron chi connectivity index (χ4n) is 4.97. The molecule has 37 heavy (non-hydrogen) atoms. The lowest BCUT2D eigenvalue weighted by Gasteiger charge is -2.47. The summed E-state index contributed by atoms with van der Waals surface area (Å²) in [4.78, 5) is 23.8. The van der Waals surface area contributed by atoms with Gasteiger partial charge in [0.25, 0.3) is 0 Å². The second kappa shape index (κ2) is 13.9. The summed E-state index contributed by atoms with van der Waals surface area (Å²) in [5.74, 6) is 1.81. The zero-order valence-corrected chi connectivity index (χ0v) is 23.6. The minimum atomic E-state index is -0.771. The summed E-state index contributed by atoms with van der Waals surface area (Å²) >= 11 is 1.57. The highest BCUT2D eigenvalue weighted by molar-refractivity contribution is 8.01. The van der Waals surface area contributed by atoms with E-state index in [1.165, 1.54) is 13.5 Å². The number of carbonyl (C=O) groups excluding carboxylic acids is 2. The van der Waals surface area contributed by atoms with Crippen molar-refractivity contribution < 1.29 is 23.8 Å². The Morgan fingerprint density at radius 1 is 1.05 bits per heavy atom. The van der Waals surface area contributed by atoms with Crippen molar-refractivity contribution in [3.63, 3.8) is 0 Å². The normalized spacial score (nSPS) is 21.5. The van der Waals surface area contributed by atoms with Crippen LogP contribution < -0.4 is 14.8 Å². The summed E-state index contributed by atoms with van der Waals surface area (Å²) in [6, 6.07) is 16.1. The molecule has 6 nitrogen and oxygen atoms in total. The van der Waals surface area contributed by atoms with Crippen molar-refractivity contribution in [3.8, 4) is 11.5 Å². The summed E-state index contributed by atoms with van der Waals surface area (Å²) in [6.45, 7) is 8.01. The van der Waals surface area contributed by atoms with Crippen molar-refractivity contribution in [2.24, 2.45) is 17.8 Å². The summed E-state index contributed by atoms with van der Waals surface area (Å²) < 4.78 is 16.3. The molecule has 0 unspecified atom stereocenters. The quantitative estimate of drug-likeness (QED) is 0.204. The van der Waals surface area contributed by atoms with Gasteiger partial charge in [0, 0.05) is 6.54 Å². The number of esters is 1. The highest BCUT2D eigenvalue weighted by atomic mass is 32.2. The van der Waals surface area contributed by atoms with Crippen LogP contribution >= 0.6 is 11.8 Å². The number of nitrogens with one attached hydrogen (secondary N) is 1. The average molecular weight is 528 g/mol. The van der Waals surface area contributed by atoms with Crippen molar-refractivity contribution in [2.75, 3.05) is 26.5 Å². The molecule has 1 aliphatic rings. The van der Waals surface area contributed by atoms with E-state index in [4.69, 9.17) is 9.47 Å². The SMILES string of the molecule is COC(=O)C(=O)CS[C@]1(NCCc2ccc(OC)c(OCc3ccccc3)c2)C[C@@H](C(C)C)CC[C@@H]1C. The van der Waals surface area contributed by atoms with Crippen LogP contribution in [0.15, 0.2) is 48.5 Å². The van der Waals surface area contributed by atoms with Gasteiger partial charge in [-0.25, -0.2) is 4.79 Å². The van der Waals surface area contributed by atoms with Crippen LogP contribution in [0.5, 0.6) is 11.5 Å². The topological polar surface area (TPSA) is 73.9 Å². The third-order valence-electron chi connectivity index (χ3n) is 7.45. The number of thioether (sulfide) groups is 1. The van der Waals surface area contributed by atoms with Crippen LogP contribution in [0.4, 0.5) is 0 Å². The number of methoxy groups -OCH3 is 2. The molecule has 2 aromatic rings. The lowest BCUT2D eigenvalue weighted by atomic mass is 9.74. The number of carbonyl (C=O) groups is 2. The molecule has 0 aromatic heterocycles. The largest absolute Gasteiger partial charge is 0.493 e. The maximum Gasteiger partial charge on any atom is 0.375 e. The number of rotatable bonds is 13. The van der Waals surface area contributed by atoms with Crippen LogP contribution in [0, 0.1) is 17.8 Å². The predicted octanol–water partition coefficient (Wildman–Crippen LogP) is 5.67. The minimum absolute atomic E-state index is 0.120. The zero-order chi connectivity index (χ0) is 26.8. The minimum Gasteiger partial charge on any atom is -0.493 e. The molecule has 3 atom stereocenters.